The van der Waals surface area contributed by atoms with Crippen LogP contribution in [0.2, 0.25) is 26.2 Å². The van der Waals surface area contributed by atoms with Crippen molar-refractivity contribution >= 4 is 91.0 Å². The number of aromatic amines is 1. The van der Waals surface area contributed by atoms with Gasteiger partial charge < -0.3 is 78.8 Å². The number of hydrogen-bond donors (Lipinski definition) is 8. The van der Waals surface area contributed by atoms with E-state index in [0.717, 1.165) is 21.7 Å². The minimum atomic E-state index is -2.88. The molecule has 6 aromatic heterocycles. The van der Waals surface area contributed by atoms with E-state index >= 15 is 0 Å². The van der Waals surface area contributed by atoms with Crippen molar-refractivity contribution in [1.82, 2.24) is 65.1 Å². The number of aromatic hydroxyl groups is 1. The maximum absolute atomic E-state index is 14.1. The standard InChI is InChI=1S/C64H79N15O17SSi2/c1-6-64(88)48-28-51-53-46(35-79(51)59(84)47(48)37-95-61(64)87)55(45-27-44(80)11-12-49(45)72-53)99(4,5)96-98(2,3)38-97-63-69-29-39(30-70-63)33-78-34-43(76-77-78)36-94-26-25-93-24-23-92-22-21-91-20-19-90-18-17-89-16-15-66-52(81)14-13-50(60(85)86)73-57(82)40-7-9-41(10-8-40)67-31-42-32-68-56-54(71-42)58(83)75-62(65)74-56/h7-12,27-30,32,34,50,67,80,88H,6,13-26,31,33,35-38H2,1-5H3,(H,66,81)(H,73,82)(H,85,86)(H3,65,68,74,75,83)/t50?,64-/m0/s1. The highest BCUT2D eigenvalue weighted by atomic mass is 32.2. The van der Waals surface area contributed by atoms with Crippen molar-refractivity contribution < 1.29 is 71.8 Å². The number of carbonyl (C=O) groups is 4. The van der Waals surface area contributed by atoms with Crippen LogP contribution in [0.5, 0.6) is 5.75 Å². The van der Waals surface area contributed by atoms with Gasteiger partial charge in [0.25, 0.3) is 17.0 Å². The van der Waals surface area contributed by atoms with E-state index < -0.39 is 57.6 Å². The SMILES string of the molecule is CC[C@@]1(O)C(=O)OCc2c1cc1n(c2=O)Cc2c-1nc1ccc(O)cc1c2[Si](C)(C)O[Si](C)(C)CSc1ncc(Cn2cc(COCCOCCOCCOCCOCCOCCNC(=O)CCC(NC(=O)c3ccc(NCc4cnc5nc(N)[nH]c(=O)c5n4)cc3)C(=O)O)nn2)cn1. The van der Waals surface area contributed by atoms with Crippen LogP contribution in [0, 0.1) is 0 Å². The van der Waals surface area contributed by atoms with Crippen LogP contribution in [0.25, 0.3) is 33.5 Å². The van der Waals surface area contributed by atoms with E-state index in [1.807, 2.05) is 0 Å². The topological polar surface area (TPSA) is 428 Å². The van der Waals surface area contributed by atoms with Gasteiger partial charge in [0.2, 0.25) is 20.2 Å². The normalized spacial score (nSPS) is 14.6. The fourth-order valence-corrected chi connectivity index (χ4v) is 22.0. The Balaban J connectivity index is 0.528. The fourth-order valence-electron chi connectivity index (χ4n) is 11.3. The number of aliphatic hydroxyl groups is 1. The lowest BCUT2D eigenvalue weighted by Gasteiger charge is -2.35. The number of pyridine rings is 2. The summed E-state index contributed by atoms with van der Waals surface area (Å²) in [4.78, 5) is 105. The number of anilines is 2. The number of aromatic nitrogens is 11. The minimum absolute atomic E-state index is 0.0332. The number of nitrogens with one attached hydrogen (secondary N) is 4. The molecule has 526 valence electrons. The van der Waals surface area contributed by atoms with Crippen molar-refractivity contribution in [2.45, 2.75) is 102 Å². The number of benzene rings is 2. The molecule has 99 heavy (non-hydrogen) atoms. The highest BCUT2D eigenvalue weighted by Crippen LogP contribution is 2.40. The Bertz CT molecular complexity index is 4320. The number of cyclic esters (lactones) is 1. The quantitative estimate of drug-likeness (QED) is 0.00906. The number of phenolic OH excluding ortho intramolecular Hbond substituents is 1. The van der Waals surface area contributed by atoms with E-state index in [2.05, 4.69) is 82.4 Å². The molecule has 0 saturated heterocycles. The number of amides is 2. The van der Waals surface area contributed by atoms with Crippen LogP contribution < -0.4 is 38.0 Å². The highest BCUT2D eigenvalue weighted by Gasteiger charge is 2.47. The number of fused-ring (bicyclic) bond motifs is 6. The zero-order valence-electron chi connectivity index (χ0n) is 55.4. The lowest BCUT2D eigenvalue weighted by Crippen LogP contribution is -2.55. The Morgan fingerprint density at radius 3 is 2.18 bits per heavy atom. The first-order chi connectivity index (χ1) is 47.6. The lowest BCUT2D eigenvalue weighted by molar-refractivity contribution is -0.172. The molecule has 2 aliphatic heterocycles. The Labute approximate surface area is 573 Å². The number of nitrogens with zero attached hydrogens (tertiary/aromatic N) is 10. The Kier molecular flexibility index (Phi) is 24.4. The third kappa shape index (κ3) is 18.9. The first kappa shape index (κ1) is 72.7. The second-order valence-electron chi connectivity index (χ2n) is 24.3. The average molecular weight is 1420 g/mol. The summed E-state index contributed by atoms with van der Waals surface area (Å²) in [5, 5.41) is 51.5. The number of carboxylic acid groups (broad SMARTS) is 1. The number of nitrogens with two attached hydrogens (primary N) is 1. The van der Waals surface area contributed by atoms with Crippen molar-refractivity contribution in [2.75, 3.05) is 95.6 Å². The van der Waals surface area contributed by atoms with Crippen molar-refractivity contribution in [3.63, 3.8) is 0 Å². The first-order valence-corrected chi connectivity index (χ1v) is 39.1. The molecular formula is C64H79N15O17SSi2. The van der Waals surface area contributed by atoms with Gasteiger partial charge in [-0.05, 0) is 92.7 Å². The van der Waals surface area contributed by atoms with Crippen LogP contribution in [0.3, 0.4) is 0 Å². The van der Waals surface area contributed by atoms with Crippen molar-refractivity contribution in [1.29, 1.82) is 0 Å². The van der Waals surface area contributed by atoms with Crippen molar-refractivity contribution in [3.8, 4) is 17.1 Å². The number of rotatable bonds is 38. The summed E-state index contributed by atoms with van der Waals surface area (Å²) in [6, 6.07) is 11.7. The van der Waals surface area contributed by atoms with Gasteiger partial charge in [-0.3, -0.25) is 24.2 Å². The molecule has 0 aliphatic carbocycles. The fraction of sp³-hybridized carbons (Fsp3) is 0.438. The maximum Gasteiger partial charge on any atom is 0.343 e. The van der Waals surface area contributed by atoms with Crippen molar-refractivity contribution in [2.24, 2.45) is 0 Å². The zero-order valence-corrected chi connectivity index (χ0v) is 58.2. The van der Waals surface area contributed by atoms with E-state index in [1.165, 1.54) is 30.1 Å². The molecule has 0 spiro atoms. The van der Waals surface area contributed by atoms with Crippen LogP contribution in [0.4, 0.5) is 11.6 Å². The van der Waals surface area contributed by atoms with Gasteiger partial charge >= 0.3 is 11.9 Å². The molecule has 8 aromatic rings. The molecule has 0 radical (unpaired) electrons. The molecule has 32 nitrogen and oxygen atoms in total. The largest absolute Gasteiger partial charge is 0.508 e. The smallest absolute Gasteiger partial charge is 0.343 e. The maximum atomic E-state index is 14.1. The van der Waals surface area contributed by atoms with Gasteiger partial charge in [0.1, 0.15) is 24.1 Å². The van der Waals surface area contributed by atoms with E-state index in [-0.39, 0.29) is 104 Å². The number of H-pyrrole nitrogens is 1. The molecule has 2 amide bonds. The van der Waals surface area contributed by atoms with Crippen LogP contribution in [0.1, 0.15) is 70.2 Å². The molecule has 35 heteroatoms. The molecule has 2 aliphatic rings. The summed E-state index contributed by atoms with van der Waals surface area (Å²) in [5.41, 5.74) is 8.69. The van der Waals surface area contributed by atoms with Crippen LogP contribution in [0.15, 0.2) is 88.1 Å². The second kappa shape index (κ2) is 33.2. The predicted molar refractivity (Wildman–Crippen MR) is 365 cm³/mol. The second-order valence-corrected chi connectivity index (χ2v) is 34.0. The molecule has 1 unspecified atom stereocenters. The lowest BCUT2D eigenvalue weighted by atomic mass is 9.86. The van der Waals surface area contributed by atoms with E-state index in [0.29, 0.717) is 117 Å². The summed E-state index contributed by atoms with van der Waals surface area (Å²) < 4.78 is 49.4. The summed E-state index contributed by atoms with van der Waals surface area (Å²) in [7, 11) is -5.36. The van der Waals surface area contributed by atoms with E-state index in [9.17, 15) is 44.1 Å². The molecule has 0 bridgehead atoms. The minimum Gasteiger partial charge on any atom is -0.508 e. The molecule has 0 fully saturated rings. The molecule has 10 rings (SSSR count). The van der Waals surface area contributed by atoms with Crippen molar-refractivity contribution in [3.05, 3.63) is 133 Å². The molecule has 0 saturated carbocycles. The molecule has 9 N–H and O–H groups in total. The number of thioether (sulfide) groups is 1. The number of carbonyl (C=O) groups excluding carboxylic acids is 3. The average Bonchev–Trinajstić information content (AvgIpc) is 1.59. The number of esters is 1. The monoisotopic (exact) mass is 1420 g/mol. The summed E-state index contributed by atoms with van der Waals surface area (Å²) >= 11 is 1.52. The summed E-state index contributed by atoms with van der Waals surface area (Å²) in [6.07, 6.45) is 6.56. The number of aliphatic carboxylic acids is 1. The molecular weight excluding hydrogens is 1340 g/mol. The third-order valence-corrected chi connectivity index (χ3v) is 25.9. The molecule has 2 atom stereocenters. The van der Waals surface area contributed by atoms with Crippen LogP contribution in [-0.2, 0) is 90.1 Å². The Morgan fingerprint density at radius 2 is 1.51 bits per heavy atom. The van der Waals surface area contributed by atoms with Gasteiger partial charge in [0.05, 0.1) is 139 Å². The van der Waals surface area contributed by atoms with Gasteiger partial charge in [0.15, 0.2) is 30.2 Å². The van der Waals surface area contributed by atoms with Crippen LogP contribution in [-0.4, -0.2) is 201 Å². The number of ether oxygens (including phenoxy) is 7. The number of phenols is 1. The van der Waals surface area contributed by atoms with Crippen LogP contribution >= 0.6 is 11.8 Å². The Hall–Kier alpha value is -9.02. The summed E-state index contributed by atoms with van der Waals surface area (Å²) in [5.74, 6) is -3.07. The number of hydrogen-bond acceptors (Lipinski definition) is 27. The number of carboxylic acids is 1. The number of nitrogen functional groups attached to an aromatic ring is 1. The summed E-state index contributed by atoms with van der Waals surface area (Å²) in [6.45, 7) is 15.1. The zero-order chi connectivity index (χ0) is 70.3. The van der Waals surface area contributed by atoms with Gasteiger partial charge in [-0.15, -0.1) is 5.10 Å². The van der Waals surface area contributed by atoms with E-state index in [1.54, 1.807) is 71.2 Å². The van der Waals surface area contributed by atoms with E-state index in [4.69, 9.17) is 48.0 Å². The first-order valence-electron chi connectivity index (χ1n) is 32.1. The molecule has 8 heterocycles. The Morgan fingerprint density at radius 1 is 0.828 bits per heavy atom. The van der Waals surface area contributed by atoms with Gasteiger partial charge in [0, 0.05) is 64.1 Å². The van der Waals surface area contributed by atoms with Gasteiger partial charge in [-0.2, -0.15) is 4.98 Å². The van der Waals surface area contributed by atoms with Gasteiger partial charge in [-0.25, -0.2) is 39.2 Å². The highest BCUT2D eigenvalue weighted by molar-refractivity contribution is 8.00. The van der Waals surface area contributed by atoms with Gasteiger partial charge in [-0.1, -0.05) is 23.9 Å². The molecule has 2 aromatic carbocycles. The predicted octanol–water partition coefficient (Wildman–Crippen LogP) is 2.78. The third-order valence-electron chi connectivity index (χ3n) is 16.0.